The normalized spacial score (nSPS) is 16.4. The van der Waals surface area contributed by atoms with Crippen molar-refractivity contribution >= 4 is 43.5 Å². The standard InChI is InChI=1S/C22H26BrClN2O3S/c1-16(17-7-11-19(24)12-8-17)25-22(27)15-26(20-5-3-2-4-6-20)30(28,29)21-13-9-18(23)10-14-21/h7-14,16,20H,2-6,15H2,1H3,(H,25,27)/t16-/m0/s1. The van der Waals surface area contributed by atoms with Gasteiger partial charge in [-0.3, -0.25) is 4.79 Å². The number of sulfonamides is 1. The van der Waals surface area contributed by atoms with Crippen LogP contribution in [0.25, 0.3) is 0 Å². The monoisotopic (exact) mass is 512 g/mol. The van der Waals surface area contributed by atoms with Crippen LogP contribution in [0.5, 0.6) is 0 Å². The summed E-state index contributed by atoms with van der Waals surface area (Å²) in [6.45, 7) is 1.68. The number of amides is 1. The fraction of sp³-hybridized carbons (Fsp3) is 0.409. The summed E-state index contributed by atoms with van der Waals surface area (Å²) < 4.78 is 29.0. The Kier molecular flexibility index (Phi) is 7.96. The topological polar surface area (TPSA) is 66.5 Å². The van der Waals surface area contributed by atoms with E-state index in [4.69, 9.17) is 11.6 Å². The first-order valence-electron chi connectivity index (χ1n) is 10.1. The van der Waals surface area contributed by atoms with Gasteiger partial charge in [-0.05, 0) is 61.7 Å². The van der Waals surface area contributed by atoms with E-state index in [1.165, 1.54) is 4.31 Å². The average Bonchev–Trinajstić information content (AvgIpc) is 2.73. The zero-order valence-electron chi connectivity index (χ0n) is 16.9. The number of hydrogen-bond acceptors (Lipinski definition) is 3. The molecule has 0 saturated heterocycles. The van der Waals surface area contributed by atoms with Crippen molar-refractivity contribution in [3.63, 3.8) is 0 Å². The number of hydrogen-bond donors (Lipinski definition) is 1. The lowest BCUT2D eigenvalue weighted by molar-refractivity contribution is -0.122. The summed E-state index contributed by atoms with van der Waals surface area (Å²) in [5.41, 5.74) is 0.910. The summed E-state index contributed by atoms with van der Waals surface area (Å²) in [5, 5.41) is 3.55. The summed E-state index contributed by atoms with van der Waals surface area (Å²) >= 11 is 9.27. The molecular weight excluding hydrogens is 488 g/mol. The van der Waals surface area contributed by atoms with Crippen molar-refractivity contribution in [3.8, 4) is 0 Å². The van der Waals surface area contributed by atoms with Crippen LogP contribution in [-0.4, -0.2) is 31.2 Å². The van der Waals surface area contributed by atoms with Gasteiger partial charge in [0.15, 0.2) is 0 Å². The molecule has 1 N–H and O–H groups in total. The summed E-state index contributed by atoms with van der Waals surface area (Å²) in [5.74, 6) is -0.316. The molecule has 8 heteroatoms. The van der Waals surface area contributed by atoms with E-state index < -0.39 is 10.0 Å². The van der Waals surface area contributed by atoms with Crippen LogP contribution < -0.4 is 5.32 Å². The SMILES string of the molecule is C[C@H](NC(=O)CN(C1CCCCC1)S(=O)(=O)c1ccc(Br)cc1)c1ccc(Cl)cc1. The number of rotatable bonds is 7. The van der Waals surface area contributed by atoms with Crippen LogP contribution in [0, 0.1) is 0 Å². The van der Waals surface area contributed by atoms with E-state index in [9.17, 15) is 13.2 Å². The van der Waals surface area contributed by atoms with Gasteiger partial charge in [0.2, 0.25) is 15.9 Å². The first-order chi connectivity index (χ1) is 14.3. The zero-order chi connectivity index (χ0) is 21.7. The lowest BCUT2D eigenvalue weighted by Crippen LogP contribution is -2.47. The van der Waals surface area contributed by atoms with E-state index in [-0.39, 0.29) is 29.4 Å². The van der Waals surface area contributed by atoms with Crippen molar-refractivity contribution in [3.05, 3.63) is 63.6 Å². The molecule has 0 bridgehead atoms. The fourth-order valence-corrected chi connectivity index (χ4v) is 5.82. The molecule has 162 valence electrons. The minimum absolute atomic E-state index is 0.163. The molecule has 3 rings (SSSR count). The maximum Gasteiger partial charge on any atom is 0.243 e. The van der Waals surface area contributed by atoms with Gasteiger partial charge in [-0.25, -0.2) is 8.42 Å². The number of carbonyl (C=O) groups is 1. The second kappa shape index (κ2) is 10.3. The molecule has 1 saturated carbocycles. The Bertz CT molecular complexity index is 959. The quantitative estimate of drug-likeness (QED) is 0.546. The van der Waals surface area contributed by atoms with Crippen LogP contribution in [0.3, 0.4) is 0 Å². The molecule has 0 unspecified atom stereocenters. The highest BCUT2D eigenvalue weighted by Crippen LogP contribution is 2.28. The third-order valence-corrected chi connectivity index (χ3v) is 8.14. The molecule has 0 radical (unpaired) electrons. The van der Waals surface area contributed by atoms with Crippen LogP contribution in [-0.2, 0) is 14.8 Å². The Balaban J connectivity index is 1.79. The molecule has 2 aromatic carbocycles. The Labute approximate surface area is 192 Å². The van der Waals surface area contributed by atoms with Crippen LogP contribution in [0.2, 0.25) is 5.02 Å². The molecule has 1 aliphatic rings. The summed E-state index contributed by atoms with van der Waals surface area (Å²) in [6, 6.07) is 13.4. The first-order valence-corrected chi connectivity index (χ1v) is 12.7. The van der Waals surface area contributed by atoms with Gasteiger partial charge in [-0.1, -0.05) is 58.9 Å². The minimum atomic E-state index is -3.78. The smallest absolute Gasteiger partial charge is 0.243 e. The molecule has 1 fully saturated rings. The van der Waals surface area contributed by atoms with Crippen molar-refractivity contribution in [2.75, 3.05) is 6.54 Å². The highest BCUT2D eigenvalue weighted by atomic mass is 79.9. The molecule has 0 aromatic heterocycles. The van der Waals surface area contributed by atoms with Crippen LogP contribution in [0.4, 0.5) is 0 Å². The molecule has 1 atom stereocenters. The average molecular weight is 514 g/mol. The number of nitrogens with one attached hydrogen (secondary N) is 1. The van der Waals surface area contributed by atoms with E-state index >= 15 is 0 Å². The van der Waals surface area contributed by atoms with Crippen molar-refractivity contribution in [1.29, 1.82) is 0 Å². The molecule has 30 heavy (non-hydrogen) atoms. The Hall–Kier alpha value is -1.41. The van der Waals surface area contributed by atoms with E-state index in [0.717, 1.165) is 42.1 Å². The van der Waals surface area contributed by atoms with Crippen molar-refractivity contribution in [2.24, 2.45) is 0 Å². The third-order valence-electron chi connectivity index (χ3n) is 5.45. The summed E-state index contributed by atoms with van der Waals surface area (Å²) in [7, 11) is -3.78. The molecule has 2 aromatic rings. The molecule has 1 amide bonds. The van der Waals surface area contributed by atoms with Gasteiger partial charge in [0.1, 0.15) is 0 Å². The maximum absolute atomic E-state index is 13.4. The summed E-state index contributed by atoms with van der Waals surface area (Å²) in [6.07, 6.45) is 4.59. The Morgan fingerprint density at radius 1 is 1.10 bits per heavy atom. The van der Waals surface area contributed by atoms with Crippen molar-refractivity contribution < 1.29 is 13.2 Å². The minimum Gasteiger partial charge on any atom is -0.348 e. The first kappa shape index (κ1) is 23.3. The second-order valence-electron chi connectivity index (χ2n) is 7.64. The van der Waals surface area contributed by atoms with Gasteiger partial charge in [0, 0.05) is 15.5 Å². The number of nitrogens with zero attached hydrogens (tertiary/aromatic N) is 1. The predicted octanol–water partition coefficient (Wildman–Crippen LogP) is 5.30. The van der Waals surface area contributed by atoms with E-state index in [1.807, 2.05) is 19.1 Å². The van der Waals surface area contributed by atoms with E-state index in [2.05, 4.69) is 21.2 Å². The molecular formula is C22H26BrClN2O3S. The van der Waals surface area contributed by atoms with Gasteiger partial charge in [0.05, 0.1) is 17.5 Å². The van der Waals surface area contributed by atoms with Crippen molar-refractivity contribution in [1.82, 2.24) is 9.62 Å². The van der Waals surface area contributed by atoms with Crippen LogP contribution in [0.1, 0.15) is 50.6 Å². The Morgan fingerprint density at radius 2 is 1.70 bits per heavy atom. The lowest BCUT2D eigenvalue weighted by atomic mass is 9.95. The zero-order valence-corrected chi connectivity index (χ0v) is 20.0. The van der Waals surface area contributed by atoms with Crippen LogP contribution in [0.15, 0.2) is 57.9 Å². The molecule has 0 spiro atoms. The fourth-order valence-electron chi connectivity index (χ4n) is 3.78. The van der Waals surface area contributed by atoms with Crippen molar-refractivity contribution in [2.45, 2.75) is 56.0 Å². The van der Waals surface area contributed by atoms with E-state index in [0.29, 0.717) is 5.02 Å². The van der Waals surface area contributed by atoms with Gasteiger partial charge >= 0.3 is 0 Å². The Morgan fingerprint density at radius 3 is 2.30 bits per heavy atom. The van der Waals surface area contributed by atoms with Gasteiger partial charge < -0.3 is 5.32 Å². The second-order valence-corrected chi connectivity index (χ2v) is 10.9. The highest BCUT2D eigenvalue weighted by molar-refractivity contribution is 9.10. The van der Waals surface area contributed by atoms with Gasteiger partial charge in [0.25, 0.3) is 0 Å². The summed E-state index contributed by atoms with van der Waals surface area (Å²) in [4.78, 5) is 13.0. The number of carbonyl (C=O) groups excluding carboxylic acids is 1. The molecule has 1 aliphatic carbocycles. The van der Waals surface area contributed by atoms with Gasteiger partial charge in [-0.2, -0.15) is 4.31 Å². The molecule has 5 nitrogen and oxygen atoms in total. The van der Waals surface area contributed by atoms with E-state index in [1.54, 1.807) is 36.4 Å². The lowest BCUT2D eigenvalue weighted by Gasteiger charge is -2.33. The predicted molar refractivity (Wildman–Crippen MR) is 123 cm³/mol. The van der Waals surface area contributed by atoms with Gasteiger partial charge in [-0.15, -0.1) is 0 Å². The third kappa shape index (κ3) is 5.84. The molecule has 0 heterocycles. The maximum atomic E-state index is 13.4. The molecule has 0 aliphatic heterocycles. The highest BCUT2D eigenvalue weighted by Gasteiger charge is 2.34. The number of halogens is 2. The number of benzene rings is 2. The largest absolute Gasteiger partial charge is 0.348 e. The van der Waals surface area contributed by atoms with Crippen LogP contribution >= 0.6 is 27.5 Å².